The van der Waals surface area contributed by atoms with E-state index < -0.39 is 11.2 Å². The minimum atomic E-state index is -0.473. The quantitative estimate of drug-likeness (QED) is 0.696. The molecule has 5 rings (SSSR count). The Balaban J connectivity index is 1.64. The largest absolute Gasteiger partial charge is 0.487 e. The van der Waals surface area contributed by atoms with Gasteiger partial charge >= 0.3 is 0 Å². The third-order valence-electron chi connectivity index (χ3n) is 6.98. The Kier molecular flexibility index (Phi) is 5.33. The van der Waals surface area contributed by atoms with Crippen molar-refractivity contribution in [2.75, 3.05) is 78.0 Å². The second-order valence-corrected chi connectivity index (χ2v) is 9.26. The van der Waals surface area contributed by atoms with Crippen LogP contribution in [0, 0.1) is 5.82 Å². The molecule has 0 aliphatic carbocycles. The maximum atomic E-state index is 15.4. The first-order valence-electron chi connectivity index (χ1n) is 11.3. The van der Waals surface area contributed by atoms with Crippen LogP contribution in [0.3, 0.4) is 0 Å². The number of rotatable bonds is 2. The zero-order valence-electron chi connectivity index (χ0n) is 18.9. The summed E-state index contributed by atoms with van der Waals surface area (Å²) in [6.07, 6.45) is 1.66. The summed E-state index contributed by atoms with van der Waals surface area (Å²) in [5.41, 5.74) is 0.680. The Morgan fingerprint density at radius 2 is 1.66 bits per heavy atom. The summed E-state index contributed by atoms with van der Waals surface area (Å²) in [5.74, 6) is -0.338. The standard InChI is InChI=1S/C23H30FN5O3/c1-15-14-32-22-19-16(12-18(24)20(22)27-8-4-25(2)5-9-27)21(30)17(13-29(15)19)23(31)28-10-6-26(3)7-11-28/h12-13,15H,4-11,14H2,1-3H3/t15-/m0/s1. The van der Waals surface area contributed by atoms with E-state index in [4.69, 9.17) is 4.74 Å². The lowest BCUT2D eigenvalue weighted by Gasteiger charge is -2.37. The van der Waals surface area contributed by atoms with Gasteiger partial charge in [0.15, 0.2) is 11.6 Å². The average molecular weight is 444 g/mol. The molecule has 0 bridgehead atoms. The van der Waals surface area contributed by atoms with Crippen molar-refractivity contribution in [1.29, 1.82) is 0 Å². The number of benzene rings is 1. The monoisotopic (exact) mass is 443 g/mol. The highest BCUT2D eigenvalue weighted by molar-refractivity contribution is 6.00. The molecule has 1 atom stereocenters. The highest BCUT2D eigenvalue weighted by atomic mass is 19.1. The Bertz CT molecular complexity index is 1120. The molecule has 2 saturated heterocycles. The number of hydrogen-bond acceptors (Lipinski definition) is 6. The van der Waals surface area contributed by atoms with Gasteiger partial charge in [-0.05, 0) is 27.1 Å². The van der Waals surface area contributed by atoms with E-state index in [1.165, 1.54) is 6.07 Å². The molecule has 4 heterocycles. The highest BCUT2D eigenvalue weighted by Gasteiger charge is 2.32. The SMILES string of the molecule is C[C@H]1COc2c(N3CCN(C)CC3)c(F)cc3c(=O)c(C(=O)N4CCN(C)CC4)cn1c23. The van der Waals surface area contributed by atoms with Gasteiger partial charge in [-0.3, -0.25) is 9.59 Å². The molecule has 172 valence electrons. The molecule has 0 N–H and O–H groups in total. The van der Waals surface area contributed by atoms with Gasteiger partial charge in [-0.2, -0.15) is 0 Å². The Morgan fingerprint density at radius 3 is 2.31 bits per heavy atom. The van der Waals surface area contributed by atoms with Crippen LogP contribution in [0.4, 0.5) is 10.1 Å². The summed E-state index contributed by atoms with van der Waals surface area (Å²) in [5, 5.41) is 0.210. The number of halogens is 1. The van der Waals surface area contributed by atoms with Gasteiger partial charge < -0.3 is 28.9 Å². The van der Waals surface area contributed by atoms with E-state index in [1.807, 2.05) is 30.5 Å². The number of ether oxygens (including phenoxy) is 1. The smallest absolute Gasteiger partial charge is 0.259 e. The number of amides is 1. The lowest BCUT2D eigenvalue weighted by atomic mass is 10.0. The molecule has 8 nitrogen and oxygen atoms in total. The number of carbonyl (C=O) groups excluding carboxylic acids is 1. The zero-order chi connectivity index (χ0) is 22.6. The van der Waals surface area contributed by atoms with E-state index in [1.54, 1.807) is 11.1 Å². The summed E-state index contributed by atoms with van der Waals surface area (Å²) in [6, 6.07) is 1.23. The molecule has 1 aromatic heterocycles. The molecule has 3 aliphatic heterocycles. The summed E-state index contributed by atoms with van der Waals surface area (Å²) >= 11 is 0. The van der Waals surface area contributed by atoms with Crippen molar-refractivity contribution in [3.05, 3.63) is 33.9 Å². The minimum Gasteiger partial charge on any atom is -0.487 e. The molecule has 0 radical (unpaired) electrons. The number of carbonyl (C=O) groups is 1. The van der Waals surface area contributed by atoms with Crippen molar-refractivity contribution in [3.63, 3.8) is 0 Å². The van der Waals surface area contributed by atoms with Crippen molar-refractivity contribution in [3.8, 4) is 5.75 Å². The third kappa shape index (κ3) is 3.44. The maximum absolute atomic E-state index is 15.4. The van der Waals surface area contributed by atoms with Crippen molar-refractivity contribution in [2.45, 2.75) is 13.0 Å². The van der Waals surface area contributed by atoms with Crippen LogP contribution in [0.2, 0.25) is 0 Å². The number of nitrogens with zero attached hydrogens (tertiary/aromatic N) is 5. The Morgan fingerprint density at radius 1 is 1.03 bits per heavy atom. The number of pyridine rings is 1. The van der Waals surface area contributed by atoms with Crippen molar-refractivity contribution in [1.82, 2.24) is 19.3 Å². The second kappa shape index (κ2) is 8.04. The van der Waals surface area contributed by atoms with Gasteiger partial charge in [0.2, 0.25) is 5.43 Å². The van der Waals surface area contributed by atoms with Gasteiger partial charge in [-0.15, -0.1) is 0 Å². The summed E-state index contributed by atoms with van der Waals surface area (Å²) < 4.78 is 23.4. The van der Waals surface area contributed by atoms with Crippen LogP contribution in [0.1, 0.15) is 23.3 Å². The molecule has 3 aliphatic rings. The van der Waals surface area contributed by atoms with Crippen LogP contribution in [0.15, 0.2) is 17.1 Å². The first kappa shape index (κ1) is 21.2. The first-order valence-corrected chi connectivity index (χ1v) is 11.3. The van der Waals surface area contributed by atoms with E-state index in [2.05, 4.69) is 9.80 Å². The van der Waals surface area contributed by atoms with Gasteiger partial charge in [-0.1, -0.05) is 0 Å². The van der Waals surface area contributed by atoms with Crippen LogP contribution in [0.25, 0.3) is 10.9 Å². The number of likely N-dealkylation sites (N-methyl/N-ethyl adjacent to an activating group) is 2. The molecular weight excluding hydrogens is 413 g/mol. The average Bonchev–Trinajstić information content (AvgIpc) is 2.78. The lowest BCUT2D eigenvalue weighted by Crippen LogP contribution is -2.48. The molecule has 0 spiro atoms. The van der Waals surface area contributed by atoms with Crippen LogP contribution in [-0.4, -0.2) is 98.2 Å². The minimum absolute atomic E-state index is 0.0737. The normalized spacial score (nSPS) is 22.3. The summed E-state index contributed by atoms with van der Waals surface area (Å²) in [7, 11) is 4.06. The van der Waals surface area contributed by atoms with Crippen molar-refractivity contribution < 1.29 is 13.9 Å². The number of hydrogen-bond donors (Lipinski definition) is 0. The lowest BCUT2D eigenvalue weighted by molar-refractivity contribution is 0.0661. The highest BCUT2D eigenvalue weighted by Crippen LogP contribution is 2.42. The van der Waals surface area contributed by atoms with E-state index in [0.717, 1.165) is 26.2 Å². The fourth-order valence-electron chi connectivity index (χ4n) is 4.87. The fourth-order valence-corrected chi connectivity index (χ4v) is 4.87. The van der Waals surface area contributed by atoms with Crippen LogP contribution < -0.4 is 15.1 Å². The first-order chi connectivity index (χ1) is 15.3. The Labute approximate surface area is 186 Å². The fraction of sp³-hybridized carbons (Fsp3) is 0.565. The molecular formula is C23H30FN5O3. The van der Waals surface area contributed by atoms with Gasteiger partial charge in [0.1, 0.15) is 17.9 Å². The molecule has 0 saturated carbocycles. The van der Waals surface area contributed by atoms with Gasteiger partial charge in [-0.25, -0.2) is 4.39 Å². The molecule has 1 aromatic carbocycles. The summed E-state index contributed by atoms with van der Waals surface area (Å²) in [4.78, 5) is 34.7. The number of piperazine rings is 2. The predicted octanol–water partition coefficient (Wildman–Crippen LogP) is 1.23. The summed E-state index contributed by atoms with van der Waals surface area (Å²) in [6.45, 7) is 8.07. The molecule has 2 fully saturated rings. The predicted molar refractivity (Wildman–Crippen MR) is 121 cm³/mol. The molecule has 9 heteroatoms. The van der Waals surface area contributed by atoms with Gasteiger partial charge in [0, 0.05) is 58.6 Å². The van der Waals surface area contributed by atoms with E-state index in [9.17, 15) is 9.59 Å². The molecule has 0 unspecified atom stereocenters. The van der Waals surface area contributed by atoms with Crippen LogP contribution in [-0.2, 0) is 0 Å². The van der Waals surface area contributed by atoms with E-state index >= 15 is 4.39 Å². The number of aromatic nitrogens is 1. The maximum Gasteiger partial charge on any atom is 0.259 e. The zero-order valence-corrected chi connectivity index (χ0v) is 18.9. The van der Waals surface area contributed by atoms with Gasteiger partial charge in [0.05, 0.1) is 16.9 Å². The van der Waals surface area contributed by atoms with Crippen LogP contribution in [0.5, 0.6) is 5.75 Å². The molecule has 32 heavy (non-hydrogen) atoms. The number of anilines is 1. The van der Waals surface area contributed by atoms with Crippen molar-refractivity contribution >= 4 is 22.5 Å². The van der Waals surface area contributed by atoms with Crippen molar-refractivity contribution in [2.24, 2.45) is 0 Å². The third-order valence-corrected chi connectivity index (χ3v) is 6.98. The van der Waals surface area contributed by atoms with E-state index in [0.29, 0.717) is 49.7 Å². The molecule has 2 aromatic rings. The second-order valence-electron chi connectivity index (χ2n) is 9.26. The van der Waals surface area contributed by atoms with Crippen LogP contribution >= 0.6 is 0 Å². The Hall–Kier alpha value is -2.65. The van der Waals surface area contributed by atoms with Gasteiger partial charge in [0.25, 0.3) is 5.91 Å². The topological polar surface area (TPSA) is 61.3 Å². The molecule has 1 amide bonds. The van der Waals surface area contributed by atoms with E-state index in [-0.39, 0.29) is 22.9 Å².